The summed E-state index contributed by atoms with van der Waals surface area (Å²) in [6.45, 7) is 3.62. The van der Waals surface area contributed by atoms with Crippen molar-refractivity contribution in [3.8, 4) is 0 Å². The van der Waals surface area contributed by atoms with E-state index < -0.39 is 10.0 Å². The molecule has 2 heterocycles. The maximum atomic E-state index is 12.4. The number of nitrogens with zero attached hydrogens (tertiary/aromatic N) is 1. The maximum absolute atomic E-state index is 12.4. The van der Waals surface area contributed by atoms with Gasteiger partial charge in [-0.2, -0.15) is 4.31 Å². The first-order chi connectivity index (χ1) is 7.93. The lowest BCUT2D eigenvalue weighted by Gasteiger charge is -2.32. The van der Waals surface area contributed by atoms with Crippen molar-refractivity contribution < 1.29 is 8.42 Å². The van der Waals surface area contributed by atoms with E-state index in [1.54, 1.807) is 0 Å². The van der Waals surface area contributed by atoms with Crippen molar-refractivity contribution in [2.45, 2.75) is 17.9 Å². The molecule has 1 aromatic heterocycles. The fraction of sp³-hybridized carbons (Fsp3) is 0.556. The third kappa shape index (κ3) is 2.62. The van der Waals surface area contributed by atoms with Crippen molar-refractivity contribution in [1.29, 1.82) is 0 Å². The van der Waals surface area contributed by atoms with Gasteiger partial charge in [0.25, 0.3) is 0 Å². The van der Waals surface area contributed by atoms with Crippen LogP contribution >= 0.6 is 34.5 Å². The minimum atomic E-state index is -3.53. The normalized spacial score (nSPS) is 22.9. The molecule has 1 atom stereocenters. The molecular formula is C9H12Cl2N2O2S2. The van der Waals surface area contributed by atoms with Crippen LogP contribution in [0.4, 0.5) is 0 Å². The Morgan fingerprint density at radius 3 is 2.76 bits per heavy atom. The molecule has 96 valence electrons. The number of hydrogen-bond acceptors (Lipinski definition) is 4. The van der Waals surface area contributed by atoms with E-state index in [2.05, 4.69) is 5.32 Å². The van der Waals surface area contributed by atoms with Gasteiger partial charge in [0.15, 0.2) is 0 Å². The van der Waals surface area contributed by atoms with Crippen LogP contribution in [-0.2, 0) is 10.0 Å². The van der Waals surface area contributed by atoms with E-state index in [0.29, 0.717) is 24.0 Å². The van der Waals surface area contributed by atoms with Crippen LogP contribution in [0.15, 0.2) is 11.0 Å². The van der Waals surface area contributed by atoms with E-state index >= 15 is 0 Å². The van der Waals surface area contributed by atoms with Crippen molar-refractivity contribution >= 4 is 44.6 Å². The largest absolute Gasteiger partial charge is 0.314 e. The molecule has 0 radical (unpaired) electrons. The second-order valence-electron chi connectivity index (χ2n) is 3.86. The number of sulfonamides is 1. The topological polar surface area (TPSA) is 49.4 Å². The highest BCUT2D eigenvalue weighted by atomic mass is 35.5. The van der Waals surface area contributed by atoms with Crippen LogP contribution in [0.5, 0.6) is 0 Å². The third-order valence-corrected chi connectivity index (χ3v) is 6.42. The Kier molecular flexibility index (Phi) is 4.02. The average molecular weight is 315 g/mol. The highest BCUT2D eigenvalue weighted by Gasteiger charge is 2.33. The molecule has 1 saturated heterocycles. The molecule has 1 aliphatic rings. The Labute approximate surface area is 115 Å². The van der Waals surface area contributed by atoms with Gasteiger partial charge in [-0.15, -0.1) is 11.3 Å². The van der Waals surface area contributed by atoms with Crippen LogP contribution in [0.3, 0.4) is 0 Å². The number of halogens is 2. The lowest BCUT2D eigenvalue weighted by atomic mass is 10.3. The summed E-state index contributed by atoms with van der Waals surface area (Å²) in [4.78, 5) is 0.114. The molecule has 1 aromatic rings. The lowest BCUT2D eigenvalue weighted by molar-refractivity contribution is 0.284. The number of nitrogens with one attached hydrogen (secondary N) is 1. The molecule has 1 aliphatic heterocycles. The van der Waals surface area contributed by atoms with E-state index in [0.717, 1.165) is 11.3 Å². The third-order valence-electron chi connectivity index (χ3n) is 2.65. The van der Waals surface area contributed by atoms with E-state index in [4.69, 9.17) is 23.2 Å². The Bertz CT molecular complexity index is 515. The van der Waals surface area contributed by atoms with Gasteiger partial charge in [-0.1, -0.05) is 23.2 Å². The molecule has 8 heteroatoms. The molecule has 17 heavy (non-hydrogen) atoms. The van der Waals surface area contributed by atoms with Crippen LogP contribution in [0.2, 0.25) is 8.67 Å². The van der Waals surface area contributed by atoms with Gasteiger partial charge in [0.05, 0.1) is 4.34 Å². The number of rotatable bonds is 2. The molecule has 4 nitrogen and oxygen atoms in total. The van der Waals surface area contributed by atoms with E-state index in [-0.39, 0.29) is 15.3 Å². The monoisotopic (exact) mass is 314 g/mol. The molecule has 0 saturated carbocycles. The maximum Gasteiger partial charge on any atom is 0.245 e. The van der Waals surface area contributed by atoms with E-state index in [1.165, 1.54) is 10.4 Å². The van der Waals surface area contributed by atoms with Gasteiger partial charge in [0.2, 0.25) is 10.0 Å². The van der Waals surface area contributed by atoms with Crippen molar-refractivity contribution in [3.05, 3.63) is 14.7 Å². The van der Waals surface area contributed by atoms with Gasteiger partial charge in [-0.3, -0.25) is 0 Å². The summed E-state index contributed by atoms with van der Waals surface area (Å²) >= 11 is 12.8. The Hall–Kier alpha value is 0.150. The Morgan fingerprint density at radius 1 is 1.53 bits per heavy atom. The molecular weight excluding hydrogens is 303 g/mol. The minimum absolute atomic E-state index is 0.0801. The summed E-state index contributed by atoms with van der Waals surface area (Å²) in [5.74, 6) is 0. The fourth-order valence-corrected chi connectivity index (χ4v) is 5.55. The second-order valence-corrected chi connectivity index (χ2v) is 8.00. The van der Waals surface area contributed by atoms with E-state index in [9.17, 15) is 8.42 Å². The smallest absolute Gasteiger partial charge is 0.245 e. The minimum Gasteiger partial charge on any atom is -0.314 e. The molecule has 1 fully saturated rings. The van der Waals surface area contributed by atoms with Gasteiger partial charge in [0.1, 0.15) is 9.23 Å². The van der Waals surface area contributed by atoms with Gasteiger partial charge in [0, 0.05) is 25.7 Å². The van der Waals surface area contributed by atoms with Crippen molar-refractivity contribution in [2.24, 2.45) is 0 Å². The van der Waals surface area contributed by atoms with Crippen LogP contribution < -0.4 is 5.32 Å². The van der Waals surface area contributed by atoms with Gasteiger partial charge in [-0.25, -0.2) is 8.42 Å². The molecule has 0 aliphatic carbocycles. The number of piperazine rings is 1. The highest BCUT2D eigenvalue weighted by molar-refractivity contribution is 7.89. The molecule has 2 rings (SSSR count). The molecule has 0 bridgehead atoms. The first-order valence-corrected chi connectivity index (χ1v) is 8.11. The first-order valence-electron chi connectivity index (χ1n) is 5.10. The zero-order chi connectivity index (χ0) is 12.6. The average Bonchev–Trinajstić information content (AvgIpc) is 2.59. The predicted octanol–water partition coefficient (Wildman–Crippen LogP) is 2.04. The van der Waals surface area contributed by atoms with Crippen molar-refractivity contribution in [3.63, 3.8) is 0 Å². The summed E-state index contributed by atoms with van der Waals surface area (Å²) in [6.07, 6.45) is 0. The van der Waals surface area contributed by atoms with Crippen LogP contribution in [-0.4, -0.2) is 38.4 Å². The van der Waals surface area contributed by atoms with Gasteiger partial charge in [-0.05, 0) is 13.0 Å². The van der Waals surface area contributed by atoms with Crippen LogP contribution in [0.1, 0.15) is 6.92 Å². The number of hydrogen-bond donors (Lipinski definition) is 1. The summed E-state index contributed by atoms with van der Waals surface area (Å²) in [6, 6.07) is 1.34. The molecule has 1 N–H and O–H groups in total. The molecule has 0 spiro atoms. The van der Waals surface area contributed by atoms with Gasteiger partial charge >= 0.3 is 0 Å². The Morgan fingerprint density at radius 2 is 2.24 bits per heavy atom. The van der Waals surface area contributed by atoms with Crippen molar-refractivity contribution in [2.75, 3.05) is 19.6 Å². The van der Waals surface area contributed by atoms with Crippen LogP contribution in [0, 0.1) is 0 Å². The molecule has 0 amide bonds. The van der Waals surface area contributed by atoms with E-state index in [1.807, 2.05) is 6.92 Å². The lowest BCUT2D eigenvalue weighted by Crippen LogP contribution is -2.52. The number of thiophene rings is 1. The van der Waals surface area contributed by atoms with Crippen molar-refractivity contribution in [1.82, 2.24) is 9.62 Å². The Balaban J connectivity index is 2.39. The summed E-state index contributed by atoms with van der Waals surface area (Å²) < 4.78 is 26.9. The molecule has 0 aromatic carbocycles. The standard InChI is InChI=1S/C9H12Cl2N2O2S2/c1-6-5-12-2-3-13(6)17(14,15)7-4-8(10)16-9(7)11/h4,6,12H,2-3,5H2,1H3/t6-/m1/s1. The predicted molar refractivity (Wildman–Crippen MR) is 70.6 cm³/mol. The fourth-order valence-electron chi connectivity index (χ4n) is 1.81. The summed E-state index contributed by atoms with van der Waals surface area (Å²) in [7, 11) is -3.53. The SMILES string of the molecule is C[C@@H]1CNCCN1S(=O)(=O)c1cc(Cl)sc1Cl. The zero-order valence-corrected chi connectivity index (χ0v) is 12.3. The first kappa shape index (κ1) is 13.6. The van der Waals surface area contributed by atoms with Gasteiger partial charge < -0.3 is 5.32 Å². The summed E-state index contributed by atoms with van der Waals surface area (Å²) in [5.41, 5.74) is 0. The second kappa shape index (κ2) is 5.03. The highest BCUT2D eigenvalue weighted by Crippen LogP contribution is 2.36. The zero-order valence-electron chi connectivity index (χ0n) is 9.11. The summed E-state index contributed by atoms with van der Waals surface area (Å²) in [5, 5.41) is 3.15. The quantitative estimate of drug-likeness (QED) is 0.908. The van der Waals surface area contributed by atoms with Crippen LogP contribution in [0.25, 0.3) is 0 Å². The molecule has 0 unspecified atom stereocenters.